The van der Waals surface area contributed by atoms with Crippen LogP contribution in [-0.2, 0) is 0 Å². The summed E-state index contributed by atoms with van der Waals surface area (Å²) in [6, 6.07) is 5.26. The van der Waals surface area contributed by atoms with Gasteiger partial charge in [0.1, 0.15) is 11.3 Å². The molecule has 1 aromatic rings. The van der Waals surface area contributed by atoms with Gasteiger partial charge in [-0.25, -0.2) is 4.79 Å². The number of rotatable bonds is 4. The van der Waals surface area contributed by atoms with E-state index in [-0.39, 0.29) is 5.56 Å². The molecule has 3 heteroatoms. The number of carboxylic acid groups (broad SMARTS) is 1. The predicted octanol–water partition coefficient (Wildman–Crippen LogP) is 3.90. The van der Waals surface area contributed by atoms with Gasteiger partial charge in [0.05, 0.1) is 6.61 Å². The highest BCUT2D eigenvalue weighted by Crippen LogP contribution is 2.30. The van der Waals surface area contributed by atoms with Crippen LogP contribution in [0.4, 0.5) is 0 Å². The number of hydrogen-bond acceptors (Lipinski definition) is 2. The van der Waals surface area contributed by atoms with Crippen LogP contribution in [0, 0.1) is 18.8 Å². The molecule has 0 amide bonds. The van der Waals surface area contributed by atoms with E-state index >= 15 is 0 Å². The quantitative estimate of drug-likeness (QED) is 0.895. The van der Waals surface area contributed by atoms with E-state index in [9.17, 15) is 9.90 Å². The van der Waals surface area contributed by atoms with Crippen molar-refractivity contribution in [3.63, 3.8) is 0 Å². The van der Waals surface area contributed by atoms with E-state index in [4.69, 9.17) is 4.74 Å². The summed E-state index contributed by atoms with van der Waals surface area (Å²) in [5.41, 5.74) is 1.16. The number of ether oxygens (including phenoxy) is 1. The van der Waals surface area contributed by atoms with E-state index in [1.54, 1.807) is 12.1 Å². The predicted molar refractivity (Wildman–Crippen MR) is 74.8 cm³/mol. The highest BCUT2D eigenvalue weighted by atomic mass is 16.5. The van der Waals surface area contributed by atoms with Gasteiger partial charge < -0.3 is 9.84 Å². The largest absolute Gasteiger partial charge is 0.492 e. The van der Waals surface area contributed by atoms with E-state index in [1.165, 1.54) is 25.7 Å². The average molecular weight is 262 g/mol. The minimum atomic E-state index is -0.921. The second-order valence-corrected chi connectivity index (χ2v) is 5.71. The van der Waals surface area contributed by atoms with Gasteiger partial charge in [-0.05, 0) is 43.2 Å². The summed E-state index contributed by atoms with van der Waals surface area (Å²) in [4.78, 5) is 11.2. The zero-order chi connectivity index (χ0) is 13.8. The normalized spacial score (nSPS) is 23.1. The Hall–Kier alpha value is -1.51. The molecule has 1 N–H and O–H groups in total. The van der Waals surface area contributed by atoms with Gasteiger partial charge in [-0.2, -0.15) is 0 Å². The van der Waals surface area contributed by atoms with Crippen LogP contribution in [0.3, 0.4) is 0 Å². The lowest BCUT2D eigenvalue weighted by molar-refractivity contribution is 0.0690. The third kappa shape index (κ3) is 3.49. The van der Waals surface area contributed by atoms with Crippen molar-refractivity contribution in [2.45, 2.75) is 39.5 Å². The van der Waals surface area contributed by atoms with Gasteiger partial charge in [0.15, 0.2) is 0 Å². The van der Waals surface area contributed by atoms with Crippen molar-refractivity contribution in [1.82, 2.24) is 0 Å². The Labute approximate surface area is 114 Å². The second kappa shape index (κ2) is 6.09. The van der Waals surface area contributed by atoms with E-state index in [0.717, 1.165) is 11.5 Å². The first-order valence-corrected chi connectivity index (χ1v) is 7.03. The third-order valence-corrected chi connectivity index (χ3v) is 3.95. The molecule has 0 radical (unpaired) electrons. The maximum atomic E-state index is 11.2. The van der Waals surface area contributed by atoms with E-state index in [0.29, 0.717) is 18.3 Å². The van der Waals surface area contributed by atoms with Crippen LogP contribution >= 0.6 is 0 Å². The van der Waals surface area contributed by atoms with E-state index < -0.39 is 5.97 Å². The van der Waals surface area contributed by atoms with Crippen LogP contribution < -0.4 is 4.74 Å². The van der Waals surface area contributed by atoms with Crippen LogP contribution in [0.2, 0.25) is 0 Å². The Bertz CT molecular complexity index is 453. The number of para-hydroxylation sites is 1. The van der Waals surface area contributed by atoms with Gasteiger partial charge in [-0.3, -0.25) is 0 Å². The second-order valence-electron chi connectivity index (χ2n) is 5.71. The highest BCUT2D eigenvalue weighted by Gasteiger charge is 2.21. The molecule has 104 valence electrons. The van der Waals surface area contributed by atoms with Crippen LogP contribution in [0.15, 0.2) is 18.2 Å². The minimum Gasteiger partial charge on any atom is -0.492 e. The summed E-state index contributed by atoms with van der Waals surface area (Å²) in [6.45, 7) is 4.81. The monoisotopic (exact) mass is 262 g/mol. The lowest BCUT2D eigenvalue weighted by Gasteiger charge is -2.27. The number of carbonyl (C=O) groups is 1. The Morgan fingerprint density at radius 2 is 2.21 bits per heavy atom. The standard InChI is InChI=1S/C16H22O3/c1-11-5-3-7-13(9-11)10-19-15-12(2)6-4-8-14(15)16(17)18/h4,6,8,11,13H,3,5,7,9-10H2,1-2H3,(H,17,18). The molecule has 2 rings (SSSR count). The number of aromatic carboxylic acids is 1. The first kappa shape index (κ1) is 13.9. The molecule has 0 aliphatic heterocycles. The number of hydrogen-bond donors (Lipinski definition) is 1. The first-order chi connectivity index (χ1) is 9.08. The smallest absolute Gasteiger partial charge is 0.339 e. The number of benzene rings is 1. The molecule has 1 saturated carbocycles. The van der Waals surface area contributed by atoms with E-state index in [2.05, 4.69) is 6.92 Å². The molecular formula is C16H22O3. The summed E-state index contributed by atoms with van der Waals surface area (Å²) in [7, 11) is 0. The van der Waals surface area contributed by atoms with Crippen molar-refractivity contribution < 1.29 is 14.6 Å². The zero-order valence-electron chi connectivity index (χ0n) is 11.7. The van der Waals surface area contributed by atoms with Crippen molar-refractivity contribution in [2.75, 3.05) is 6.61 Å². The van der Waals surface area contributed by atoms with Crippen LogP contribution in [-0.4, -0.2) is 17.7 Å². The fourth-order valence-electron chi connectivity index (χ4n) is 2.92. The molecule has 0 aromatic heterocycles. The Balaban J connectivity index is 2.04. The summed E-state index contributed by atoms with van der Waals surface area (Å²) in [5.74, 6) is 0.937. The zero-order valence-corrected chi connectivity index (χ0v) is 11.7. The fourth-order valence-corrected chi connectivity index (χ4v) is 2.92. The minimum absolute atomic E-state index is 0.267. The highest BCUT2D eigenvalue weighted by molar-refractivity contribution is 5.91. The van der Waals surface area contributed by atoms with Crippen molar-refractivity contribution >= 4 is 5.97 Å². The van der Waals surface area contributed by atoms with Crippen molar-refractivity contribution in [1.29, 1.82) is 0 Å². The molecule has 2 atom stereocenters. The molecule has 1 aromatic carbocycles. The Morgan fingerprint density at radius 3 is 2.89 bits per heavy atom. The SMILES string of the molecule is Cc1cccc(C(=O)O)c1OCC1CCCC(C)C1. The maximum Gasteiger partial charge on any atom is 0.339 e. The fraction of sp³-hybridized carbons (Fsp3) is 0.562. The lowest BCUT2D eigenvalue weighted by atomic mass is 9.83. The van der Waals surface area contributed by atoms with Gasteiger partial charge in [-0.1, -0.05) is 31.9 Å². The molecule has 1 aliphatic rings. The average Bonchev–Trinajstić information content (AvgIpc) is 2.37. The molecule has 0 heterocycles. The molecule has 2 unspecified atom stereocenters. The third-order valence-electron chi connectivity index (χ3n) is 3.95. The van der Waals surface area contributed by atoms with Gasteiger partial charge in [0.25, 0.3) is 0 Å². The summed E-state index contributed by atoms with van der Waals surface area (Å²) in [5, 5.41) is 9.19. The Kier molecular flexibility index (Phi) is 4.46. The molecule has 3 nitrogen and oxygen atoms in total. The number of aryl methyl sites for hydroxylation is 1. The van der Waals surface area contributed by atoms with Gasteiger partial charge >= 0.3 is 5.97 Å². The van der Waals surface area contributed by atoms with Crippen molar-refractivity contribution in [3.8, 4) is 5.75 Å². The van der Waals surface area contributed by atoms with Gasteiger partial charge in [0.2, 0.25) is 0 Å². The molecule has 0 saturated heterocycles. The summed E-state index contributed by atoms with van der Waals surface area (Å²) < 4.78 is 5.84. The van der Waals surface area contributed by atoms with Crippen LogP contribution in [0.1, 0.15) is 48.5 Å². The Morgan fingerprint density at radius 1 is 1.42 bits per heavy atom. The topological polar surface area (TPSA) is 46.5 Å². The van der Waals surface area contributed by atoms with Crippen LogP contribution in [0.5, 0.6) is 5.75 Å². The maximum absolute atomic E-state index is 11.2. The van der Waals surface area contributed by atoms with E-state index in [1.807, 2.05) is 13.0 Å². The van der Waals surface area contributed by atoms with Gasteiger partial charge in [0, 0.05) is 0 Å². The first-order valence-electron chi connectivity index (χ1n) is 7.03. The van der Waals surface area contributed by atoms with Crippen molar-refractivity contribution in [2.24, 2.45) is 11.8 Å². The van der Waals surface area contributed by atoms with Crippen LogP contribution in [0.25, 0.3) is 0 Å². The molecule has 1 fully saturated rings. The van der Waals surface area contributed by atoms with Crippen molar-refractivity contribution in [3.05, 3.63) is 29.3 Å². The molecular weight excluding hydrogens is 240 g/mol. The molecule has 1 aliphatic carbocycles. The lowest BCUT2D eigenvalue weighted by Crippen LogP contribution is -2.20. The van der Waals surface area contributed by atoms with Gasteiger partial charge in [-0.15, -0.1) is 0 Å². The molecule has 0 bridgehead atoms. The summed E-state index contributed by atoms with van der Waals surface area (Å²) in [6.07, 6.45) is 4.95. The molecule has 19 heavy (non-hydrogen) atoms. The summed E-state index contributed by atoms with van der Waals surface area (Å²) >= 11 is 0. The molecule has 0 spiro atoms. The number of carboxylic acids is 1.